The number of amides is 1. The molecule has 3 fully saturated rings. The van der Waals surface area contributed by atoms with Crippen LogP contribution in [0.5, 0.6) is 0 Å². The summed E-state index contributed by atoms with van der Waals surface area (Å²) in [5.41, 5.74) is 7.54. The third-order valence-corrected chi connectivity index (χ3v) is 5.98. The first-order valence-corrected chi connectivity index (χ1v) is 8.22. The Labute approximate surface area is 130 Å². The minimum atomic E-state index is 0.264. The largest absolute Gasteiger partial charge is 0.389 e. The average Bonchev–Trinajstić information content (AvgIpc) is 2.93. The van der Waals surface area contributed by atoms with Gasteiger partial charge in [-0.25, -0.2) is 0 Å². The molecule has 0 aliphatic heterocycles. The molecule has 110 valence electrons. The van der Waals surface area contributed by atoms with Gasteiger partial charge in [0.15, 0.2) is 0 Å². The van der Waals surface area contributed by atoms with Gasteiger partial charge in [-0.2, -0.15) is 0 Å². The predicted molar refractivity (Wildman–Crippen MR) is 85.5 cm³/mol. The van der Waals surface area contributed by atoms with Gasteiger partial charge in [0.1, 0.15) is 4.99 Å². The highest BCUT2D eigenvalue weighted by Crippen LogP contribution is 2.69. The minimum absolute atomic E-state index is 0.264. The molecule has 1 aromatic rings. The lowest BCUT2D eigenvalue weighted by Crippen LogP contribution is -2.27. The van der Waals surface area contributed by atoms with E-state index in [1.54, 1.807) is 0 Å². The Morgan fingerprint density at radius 2 is 1.81 bits per heavy atom. The minimum Gasteiger partial charge on any atom is -0.389 e. The van der Waals surface area contributed by atoms with Gasteiger partial charge in [-0.3, -0.25) is 4.79 Å². The van der Waals surface area contributed by atoms with Crippen molar-refractivity contribution in [2.45, 2.75) is 25.8 Å². The Hall–Kier alpha value is -1.42. The molecule has 3 saturated carbocycles. The molecule has 0 radical (unpaired) electrons. The number of rotatable bonds is 4. The van der Waals surface area contributed by atoms with Crippen molar-refractivity contribution in [3.63, 3.8) is 0 Å². The van der Waals surface area contributed by atoms with Crippen LogP contribution >= 0.6 is 12.2 Å². The maximum atomic E-state index is 12.3. The van der Waals surface area contributed by atoms with Crippen molar-refractivity contribution < 1.29 is 4.79 Å². The van der Waals surface area contributed by atoms with E-state index in [4.69, 9.17) is 18.0 Å². The number of nitrogens with two attached hydrogens (primary N) is 1. The zero-order chi connectivity index (χ0) is 14.6. The molecule has 4 atom stereocenters. The molecule has 1 aromatic carbocycles. The topological polar surface area (TPSA) is 55.1 Å². The molecule has 1 amide bonds. The number of thiocarbonyl (C=S) groups is 1. The van der Waals surface area contributed by atoms with Gasteiger partial charge in [-0.15, -0.1) is 0 Å². The van der Waals surface area contributed by atoms with Crippen LogP contribution in [0.1, 0.15) is 30.4 Å². The standard InChI is InChI=1S/C17H20N2OS/c18-16(21)10-3-1-9(2-4-10)8-19-17(20)15-13-11-5-6-12(7-11)14(13)15/h1-4,11-15H,5-8H2,(H2,18,21)(H,19,20). The van der Waals surface area contributed by atoms with Crippen LogP contribution in [0.3, 0.4) is 0 Å². The number of hydrogen-bond donors (Lipinski definition) is 2. The van der Waals surface area contributed by atoms with Gasteiger partial charge < -0.3 is 11.1 Å². The molecule has 0 heterocycles. The van der Waals surface area contributed by atoms with Crippen LogP contribution in [0, 0.1) is 29.6 Å². The van der Waals surface area contributed by atoms with E-state index in [0.29, 0.717) is 29.3 Å². The van der Waals surface area contributed by atoms with E-state index in [1.807, 2.05) is 24.3 Å². The molecule has 3 aliphatic rings. The molecule has 4 heteroatoms. The number of carbonyl (C=O) groups excluding carboxylic acids is 1. The van der Waals surface area contributed by atoms with Crippen molar-refractivity contribution in [2.24, 2.45) is 35.3 Å². The fourth-order valence-corrected chi connectivity index (χ4v) is 4.91. The van der Waals surface area contributed by atoms with Gasteiger partial charge in [0.2, 0.25) is 5.91 Å². The third kappa shape index (κ3) is 2.16. The Bertz CT molecular complexity index is 581. The molecule has 21 heavy (non-hydrogen) atoms. The van der Waals surface area contributed by atoms with E-state index in [0.717, 1.165) is 23.0 Å². The van der Waals surface area contributed by atoms with E-state index in [1.165, 1.54) is 19.3 Å². The summed E-state index contributed by atoms with van der Waals surface area (Å²) in [6.45, 7) is 0.599. The summed E-state index contributed by atoms with van der Waals surface area (Å²) in [5.74, 6) is 3.69. The van der Waals surface area contributed by atoms with Crippen molar-refractivity contribution in [3.8, 4) is 0 Å². The van der Waals surface area contributed by atoms with E-state index in [2.05, 4.69) is 5.32 Å². The fraction of sp³-hybridized carbons (Fsp3) is 0.529. The van der Waals surface area contributed by atoms with E-state index in [9.17, 15) is 4.79 Å². The first-order chi connectivity index (χ1) is 10.1. The van der Waals surface area contributed by atoms with E-state index < -0.39 is 0 Å². The van der Waals surface area contributed by atoms with Crippen molar-refractivity contribution >= 4 is 23.1 Å². The van der Waals surface area contributed by atoms with Crippen LogP contribution in [0.25, 0.3) is 0 Å². The van der Waals surface area contributed by atoms with Crippen LogP contribution < -0.4 is 11.1 Å². The quantitative estimate of drug-likeness (QED) is 0.838. The second-order valence-corrected chi connectivity index (χ2v) is 7.23. The highest BCUT2D eigenvalue weighted by atomic mass is 32.1. The molecule has 4 rings (SSSR count). The van der Waals surface area contributed by atoms with Gasteiger partial charge in [0.05, 0.1) is 0 Å². The Morgan fingerprint density at radius 3 is 2.38 bits per heavy atom. The number of nitrogens with one attached hydrogen (secondary N) is 1. The number of fused-ring (bicyclic) bond motifs is 5. The highest BCUT2D eigenvalue weighted by molar-refractivity contribution is 7.80. The third-order valence-electron chi connectivity index (χ3n) is 5.74. The monoisotopic (exact) mass is 300 g/mol. The van der Waals surface area contributed by atoms with Crippen LogP contribution in [-0.4, -0.2) is 10.9 Å². The van der Waals surface area contributed by atoms with Crippen molar-refractivity contribution in [3.05, 3.63) is 35.4 Å². The summed E-state index contributed by atoms with van der Waals surface area (Å²) in [6.07, 6.45) is 4.10. The van der Waals surface area contributed by atoms with Crippen LogP contribution in [0.2, 0.25) is 0 Å². The van der Waals surface area contributed by atoms with Crippen molar-refractivity contribution in [1.29, 1.82) is 0 Å². The SMILES string of the molecule is NC(=S)c1ccc(CNC(=O)C2C3C4CCC(C4)C23)cc1. The first kappa shape index (κ1) is 13.3. The highest BCUT2D eigenvalue weighted by Gasteiger charge is 2.67. The maximum absolute atomic E-state index is 12.3. The lowest BCUT2D eigenvalue weighted by atomic mass is 10.0. The molecule has 0 spiro atoms. The van der Waals surface area contributed by atoms with Crippen LogP contribution in [-0.2, 0) is 11.3 Å². The van der Waals surface area contributed by atoms with Gasteiger partial charge in [-0.1, -0.05) is 36.5 Å². The molecule has 4 unspecified atom stereocenters. The summed E-state index contributed by atoms with van der Waals surface area (Å²) in [5, 5.41) is 3.10. The summed E-state index contributed by atoms with van der Waals surface area (Å²) in [6, 6.07) is 7.78. The van der Waals surface area contributed by atoms with Gasteiger partial charge in [0.25, 0.3) is 0 Å². The number of hydrogen-bond acceptors (Lipinski definition) is 2. The molecule has 0 aromatic heterocycles. The van der Waals surface area contributed by atoms with Gasteiger partial charge >= 0.3 is 0 Å². The predicted octanol–water partition coefficient (Wildman–Crippen LogP) is 2.23. The molecule has 2 bridgehead atoms. The van der Waals surface area contributed by atoms with Crippen LogP contribution in [0.4, 0.5) is 0 Å². The summed E-state index contributed by atoms with van der Waals surface area (Å²) in [7, 11) is 0. The van der Waals surface area contributed by atoms with Crippen LogP contribution in [0.15, 0.2) is 24.3 Å². The zero-order valence-corrected chi connectivity index (χ0v) is 12.7. The summed E-state index contributed by atoms with van der Waals surface area (Å²) < 4.78 is 0. The Morgan fingerprint density at radius 1 is 1.19 bits per heavy atom. The molecular formula is C17H20N2OS. The zero-order valence-electron chi connectivity index (χ0n) is 11.9. The number of carbonyl (C=O) groups is 1. The molecular weight excluding hydrogens is 280 g/mol. The van der Waals surface area contributed by atoms with Gasteiger partial charge in [0, 0.05) is 18.0 Å². The van der Waals surface area contributed by atoms with E-state index >= 15 is 0 Å². The number of benzene rings is 1. The second-order valence-electron chi connectivity index (χ2n) is 6.79. The first-order valence-electron chi connectivity index (χ1n) is 7.81. The molecule has 3 aliphatic carbocycles. The smallest absolute Gasteiger partial charge is 0.223 e. The molecule has 0 saturated heterocycles. The van der Waals surface area contributed by atoms with Crippen molar-refractivity contribution in [1.82, 2.24) is 5.32 Å². The normalized spacial score (nSPS) is 35.3. The lowest BCUT2D eigenvalue weighted by molar-refractivity contribution is -0.123. The second kappa shape index (κ2) is 4.80. The lowest BCUT2D eigenvalue weighted by Gasteiger charge is -2.10. The summed E-state index contributed by atoms with van der Waals surface area (Å²) in [4.78, 5) is 12.7. The molecule has 3 N–H and O–H groups in total. The molecule has 3 nitrogen and oxygen atoms in total. The van der Waals surface area contributed by atoms with E-state index in [-0.39, 0.29) is 5.91 Å². The van der Waals surface area contributed by atoms with Crippen molar-refractivity contribution in [2.75, 3.05) is 0 Å². The average molecular weight is 300 g/mol. The maximum Gasteiger partial charge on any atom is 0.223 e. The van der Waals surface area contributed by atoms with Gasteiger partial charge in [-0.05, 0) is 48.5 Å². The Kier molecular flexibility index (Phi) is 3.03. The summed E-state index contributed by atoms with van der Waals surface area (Å²) >= 11 is 4.94. The fourth-order valence-electron chi connectivity index (χ4n) is 4.77. The Balaban J connectivity index is 1.33.